The van der Waals surface area contributed by atoms with Crippen LogP contribution in [0.5, 0.6) is 0 Å². The van der Waals surface area contributed by atoms with Gasteiger partial charge in [0.15, 0.2) is 0 Å². The summed E-state index contributed by atoms with van der Waals surface area (Å²) in [5.74, 6) is 1.56. The molecule has 2 atom stereocenters. The van der Waals surface area contributed by atoms with E-state index in [9.17, 15) is 0 Å². The molecule has 4 heteroatoms. The molecule has 0 radical (unpaired) electrons. The smallest absolute Gasteiger partial charge is 0.0457 e. The lowest BCUT2D eigenvalue weighted by molar-refractivity contribution is 0.400. The largest absolute Gasteiger partial charge is 0.143 e. The van der Waals surface area contributed by atoms with Crippen LogP contribution in [-0.4, -0.2) is 0 Å². The highest BCUT2D eigenvalue weighted by atomic mass is 32.1. The van der Waals surface area contributed by atoms with Gasteiger partial charge in [-0.2, -0.15) is 0 Å². The summed E-state index contributed by atoms with van der Waals surface area (Å²) < 4.78 is 5.61. The fourth-order valence-corrected chi connectivity index (χ4v) is 17.5. The van der Waals surface area contributed by atoms with Crippen molar-refractivity contribution in [2.75, 3.05) is 0 Å². The van der Waals surface area contributed by atoms with E-state index in [4.69, 9.17) is 0 Å². The van der Waals surface area contributed by atoms with E-state index in [-0.39, 0.29) is 0 Å². The Morgan fingerprint density at radius 1 is 0.268 bits per heavy atom. The Bertz CT molecular complexity index is 2440. The summed E-state index contributed by atoms with van der Waals surface area (Å²) in [5.41, 5.74) is 11.2. The molecule has 0 fully saturated rings. The predicted octanol–water partition coefficient (Wildman–Crippen LogP) is 28.9. The number of rotatable bonds is 48. The van der Waals surface area contributed by atoms with Gasteiger partial charge < -0.3 is 0 Å². The lowest BCUT2D eigenvalue weighted by atomic mass is 9.86. The van der Waals surface area contributed by atoms with Crippen molar-refractivity contribution in [3.63, 3.8) is 0 Å². The number of hydrogen-bond acceptors (Lipinski definition) is 4. The van der Waals surface area contributed by atoms with Gasteiger partial charge in [0.1, 0.15) is 0 Å². The van der Waals surface area contributed by atoms with Crippen LogP contribution in [0.15, 0.2) is 95.7 Å². The fraction of sp³-hybridized carbons (Fsp3) is 0.615. The summed E-state index contributed by atoms with van der Waals surface area (Å²) in [7, 11) is 0. The van der Waals surface area contributed by atoms with E-state index in [0.29, 0.717) is 0 Å². The van der Waals surface area contributed by atoms with Crippen molar-refractivity contribution >= 4 is 64.1 Å². The van der Waals surface area contributed by atoms with Crippen LogP contribution in [-0.2, 0) is 12.8 Å². The summed E-state index contributed by atoms with van der Waals surface area (Å²) in [6.45, 7) is 9.32. The molecule has 0 saturated carbocycles. The zero-order valence-electron chi connectivity index (χ0n) is 52.7. The maximum atomic E-state index is 2.60. The Balaban J connectivity index is 1.09. The Hall–Kier alpha value is -3.02. The maximum Gasteiger partial charge on any atom is 0.0457 e. The van der Waals surface area contributed by atoms with E-state index >= 15 is 0 Å². The van der Waals surface area contributed by atoms with Gasteiger partial charge in [0.25, 0.3) is 0 Å². The minimum absolute atomic E-state index is 0.782. The van der Waals surface area contributed by atoms with Crippen molar-refractivity contribution < 1.29 is 0 Å². The molecule has 7 rings (SSSR count). The van der Waals surface area contributed by atoms with Crippen LogP contribution in [0.3, 0.4) is 0 Å². The number of unbranched alkanes of at least 4 members (excludes halogenated alkanes) is 32. The molecule has 3 aromatic carbocycles. The average molecular weight is 1180 g/mol. The molecule has 0 bridgehead atoms. The van der Waals surface area contributed by atoms with Crippen LogP contribution in [0, 0.1) is 11.8 Å². The molecule has 7 aromatic rings. The molecule has 2 unspecified atom stereocenters. The molecule has 0 amide bonds. The molecule has 4 heterocycles. The molecule has 0 saturated heterocycles. The molecule has 0 aliphatic rings. The first-order valence-corrected chi connectivity index (χ1v) is 38.3. The molecule has 0 nitrogen and oxygen atoms in total. The second kappa shape index (κ2) is 40.4. The first kappa shape index (κ1) is 66.5. The summed E-state index contributed by atoms with van der Waals surface area (Å²) >= 11 is 7.71. The van der Waals surface area contributed by atoms with Crippen LogP contribution in [0.1, 0.15) is 296 Å². The topological polar surface area (TPSA) is 0 Å². The first-order chi connectivity index (χ1) is 40.6. The summed E-state index contributed by atoms with van der Waals surface area (Å²) in [6, 6.07) is 34.8. The van der Waals surface area contributed by atoms with Gasteiger partial charge in [-0.1, -0.05) is 333 Å². The summed E-state index contributed by atoms with van der Waals surface area (Å²) in [5, 5.41) is 4.53. The number of fused-ring (bicyclic) bond motifs is 2. The van der Waals surface area contributed by atoms with Crippen molar-refractivity contribution in [1.82, 2.24) is 0 Å². The van der Waals surface area contributed by atoms with E-state index in [0.717, 1.165) is 11.8 Å². The number of thiophene rings is 4. The van der Waals surface area contributed by atoms with Crippen molar-refractivity contribution in [2.45, 2.75) is 297 Å². The maximum absolute atomic E-state index is 2.60. The third-order valence-corrected chi connectivity index (χ3v) is 22.7. The van der Waals surface area contributed by atoms with E-state index in [1.54, 1.807) is 0 Å². The van der Waals surface area contributed by atoms with Crippen LogP contribution >= 0.6 is 45.3 Å². The highest BCUT2D eigenvalue weighted by molar-refractivity contribution is 7.29. The lowest BCUT2D eigenvalue weighted by Gasteiger charge is -2.19. The Morgan fingerprint density at radius 2 is 0.537 bits per heavy atom. The van der Waals surface area contributed by atoms with Gasteiger partial charge in [0, 0.05) is 39.7 Å². The quantitative estimate of drug-likeness (QED) is 0.0334. The number of hydrogen-bond donors (Lipinski definition) is 0. The average Bonchev–Trinajstić information content (AvgIpc) is 4.28. The van der Waals surface area contributed by atoms with Crippen molar-refractivity contribution in [2.24, 2.45) is 11.8 Å². The van der Waals surface area contributed by atoms with Gasteiger partial charge in [-0.15, -0.1) is 45.3 Å². The Labute approximate surface area is 519 Å². The van der Waals surface area contributed by atoms with Crippen LogP contribution < -0.4 is 0 Å². The number of benzene rings is 3. The Morgan fingerprint density at radius 3 is 0.805 bits per heavy atom. The van der Waals surface area contributed by atoms with Crippen LogP contribution in [0.2, 0.25) is 0 Å². The van der Waals surface area contributed by atoms with E-state index in [2.05, 4.69) is 123 Å². The third-order valence-electron chi connectivity index (χ3n) is 18.4. The summed E-state index contributed by atoms with van der Waals surface area (Å²) in [4.78, 5) is 2.77. The van der Waals surface area contributed by atoms with E-state index in [1.165, 1.54) is 343 Å². The molecule has 0 spiro atoms. The van der Waals surface area contributed by atoms with Crippen molar-refractivity contribution in [3.05, 3.63) is 107 Å². The second-order valence-electron chi connectivity index (χ2n) is 25.5. The van der Waals surface area contributed by atoms with Gasteiger partial charge >= 0.3 is 0 Å². The fourth-order valence-electron chi connectivity index (χ4n) is 13.3. The zero-order chi connectivity index (χ0) is 57.1. The van der Waals surface area contributed by atoms with Gasteiger partial charge in [0.05, 0.1) is 0 Å². The molecule has 450 valence electrons. The monoisotopic (exact) mass is 1180 g/mol. The molecule has 0 N–H and O–H groups in total. The highest BCUT2D eigenvalue weighted by Gasteiger charge is 2.21. The van der Waals surface area contributed by atoms with Gasteiger partial charge in [0.2, 0.25) is 0 Å². The first-order valence-electron chi connectivity index (χ1n) is 34.9. The van der Waals surface area contributed by atoms with Gasteiger partial charge in [-0.05, 0) is 105 Å². The van der Waals surface area contributed by atoms with E-state index in [1.807, 2.05) is 45.3 Å². The molecular weight excluding hydrogens is 1070 g/mol. The van der Waals surface area contributed by atoms with Crippen LogP contribution in [0.4, 0.5) is 0 Å². The molecular formula is C78H114S4. The highest BCUT2D eigenvalue weighted by Crippen LogP contribution is 2.48. The molecule has 0 aliphatic heterocycles. The zero-order valence-corrected chi connectivity index (χ0v) is 56.0. The molecule has 82 heavy (non-hydrogen) atoms. The minimum atomic E-state index is 0.782. The molecule has 4 aromatic heterocycles. The third kappa shape index (κ3) is 23.7. The lowest BCUT2D eigenvalue weighted by Crippen LogP contribution is -2.05. The predicted molar refractivity (Wildman–Crippen MR) is 376 cm³/mol. The van der Waals surface area contributed by atoms with Crippen molar-refractivity contribution in [3.8, 4) is 43.1 Å². The van der Waals surface area contributed by atoms with Crippen LogP contribution in [0.25, 0.3) is 61.9 Å². The normalized spacial score (nSPS) is 12.6. The van der Waals surface area contributed by atoms with Crippen molar-refractivity contribution in [1.29, 1.82) is 0 Å². The Kier molecular flexibility index (Phi) is 32.7. The summed E-state index contributed by atoms with van der Waals surface area (Å²) in [6.07, 6.45) is 58.8. The van der Waals surface area contributed by atoms with Gasteiger partial charge in [-0.3, -0.25) is 0 Å². The minimum Gasteiger partial charge on any atom is -0.143 e. The molecule has 0 aliphatic carbocycles. The van der Waals surface area contributed by atoms with Gasteiger partial charge in [-0.25, -0.2) is 0 Å². The SMILES string of the molecule is CCCCCCCCCCCCC(CCCCCCCCCC)Cc1ccc(-c2cc(-c3cc4sccc4s3)c(-c3ccc(CC(CCCCCCCCCC)CCCCCCCCCCCC)cc3)cc2-c2cc3sccc3s2)cc1. The van der Waals surface area contributed by atoms with E-state index < -0.39 is 0 Å². The standard InChI is InChI=1S/C78H114S4/c1-5-9-13-17-21-25-27-31-35-39-43-63(41-37-33-29-23-19-15-11-7-3)57-65-45-49-67(50-46-65)69-59-72(76-62-78-74(82-76)54-56-80-78)70(60-71(69)75-61-77-73(81-75)53-55-79-77)68-51-47-66(48-52-68)58-64(42-38-34-30-24-20-16-12-8-4)44-40-36-32-28-26-22-18-14-10-6-2/h45-56,59-64H,5-44,57-58H2,1-4H3. The second-order valence-corrected chi connectivity index (χ2v) is 29.5.